The molecule has 3 atom stereocenters. The Balaban J connectivity index is 1.30. The van der Waals surface area contributed by atoms with Gasteiger partial charge in [0.15, 0.2) is 0 Å². The van der Waals surface area contributed by atoms with E-state index in [4.69, 9.17) is 10.5 Å². The normalized spacial score (nSPS) is 23.1. The second kappa shape index (κ2) is 9.92. The number of benzene rings is 1. The minimum Gasteiger partial charge on any atom is -0.494 e. The molecular formula is C24H37N3O3. The van der Waals surface area contributed by atoms with Gasteiger partial charge in [0.25, 0.3) is 0 Å². The summed E-state index contributed by atoms with van der Waals surface area (Å²) in [4.78, 5) is 27.7. The lowest BCUT2D eigenvalue weighted by Gasteiger charge is -2.36. The Kier molecular flexibility index (Phi) is 7.53. The average molecular weight is 416 g/mol. The summed E-state index contributed by atoms with van der Waals surface area (Å²) < 4.78 is 5.87. The third kappa shape index (κ3) is 6.54. The van der Waals surface area contributed by atoms with Crippen LogP contribution in [0.3, 0.4) is 0 Å². The fraction of sp³-hybridized carbons (Fsp3) is 0.667. The summed E-state index contributed by atoms with van der Waals surface area (Å²) in [6, 6.07) is 7.75. The molecule has 1 amide bonds. The number of piperazine rings is 1. The summed E-state index contributed by atoms with van der Waals surface area (Å²) in [5.74, 6) is 1.58. The van der Waals surface area contributed by atoms with E-state index in [1.165, 1.54) is 5.56 Å². The Bertz CT molecular complexity index is 705. The molecule has 3 rings (SSSR count). The molecule has 1 aromatic carbocycles. The number of ether oxygens (including phenoxy) is 1. The van der Waals surface area contributed by atoms with E-state index in [-0.39, 0.29) is 17.2 Å². The highest BCUT2D eigenvalue weighted by Gasteiger charge is 2.37. The van der Waals surface area contributed by atoms with Crippen molar-refractivity contribution in [1.29, 1.82) is 0 Å². The SMILES string of the molecule is CC(C)(C)C[C@@H](N)C(=O)N1CCN(CCCOc2ccc(C3CC3C=O)cc2)CC1. The van der Waals surface area contributed by atoms with Gasteiger partial charge in [-0.15, -0.1) is 0 Å². The number of amides is 1. The molecule has 0 spiro atoms. The van der Waals surface area contributed by atoms with Crippen LogP contribution in [-0.2, 0) is 9.59 Å². The maximum absolute atomic E-state index is 12.5. The van der Waals surface area contributed by atoms with Crippen molar-refractivity contribution in [2.45, 2.75) is 52.0 Å². The van der Waals surface area contributed by atoms with Crippen molar-refractivity contribution in [2.24, 2.45) is 17.1 Å². The second-order valence-corrected chi connectivity index (χ2v) is 9.95. The van der Waals surface area contributed by atoms with Crippen molar-refractivity contribution in [3.63, 3.8) is 0 Å². The molecule has 1 heterocycles. The number of hydrogen-bond acceptors (Lipinski definition) is 5. The predicted octanol–water partition coefficient (Wildman–Crippen LogP) is 2.67. The zero-order chi connectivity index (χ0) is 21.7. The lowest BCUT2D eigenvalue weighted by Crippen LogP contribution is -2.53. The molecule has 1 aliphatic carbocycles. The van der Waals surface area contributed by atoms with Gasteiger partial charge in [0.2, 0.25) is 5.91 Å². The van der Waals surface area contributed by atoms with E-state index in [9.17, 15) is 9.59 Å². The fourth-order valence-corrected chi connectivity index (χ4v) is 4.21. The first-order chi connectivity index (χ1) is 14.3. The summed E-state index contributed by atoms with van der Waals surface area (Å²) in [5.41, 5.74) is 7.42. The first-order valence-corrected chi connectivity index (χ1v) is 11.2. The Morgan fingerprint density at radius 2 is 1.87 bits per heavy atom. The van der Waals surface area contributed by atoms with Crippen molar-refractivity contribution in [3.05, 3.63) is 29.8 Å². The van der Waals surface area contributed by atoms with Gasteiger partial charge in [-0.2, -0.15) is 0 Å². The van der Waals surface area contributed by atoms with Crippen molar-refractivity contribution in [3.8, 4) is 5.75 Å². The number of hydrogen-bond donors (Lipinski definition) is 1. The molecule has 2 fully saturated rings. The van der Waals surface area contributed by atoms with Gasteiger partial charge in [0.05, 0.1) is 12.6 Å². The maximum Gasteiger partial charge on any atom is 0.239 e. The number of rotatable bonds is 9. The molecule has 0 radical (unpaired) electrons. The second-order valence-electron chi connectivity index (χ2n) is 9.95. The summed E-state index contributed by atoms with van der Waals surface area (Å²) in [5, 5.41) is 0. The van der Waals surface area contributed by atoms with Crippen LogP contribution in [0, 0.1) is 11.3 Å². The lowest BCUT2D eigenvalue weighted by molar-refractivity contribution is -0.135. The summed E-state index contributed by atoms with van der Waals surface area (Å²) in [6.07, 6.45) is 3.70. The highest BCUT2D eigenvalue weighted by atomic mass is 16.5. The van der Waals surface area contributed by atoms with E-state index in [0.717, 1.165) is 57.6 Å². The number of carbonyl (C=O) groups excluding carboxylic acids is 2. The van der Waals surface area contributed by atoms with Gasteiger partial charge in [-0.25, -0.2) is 0 Å². The molecule has 0 aromatic heterocycles. The van der Waals surface area contributed by atoms with Gasteiger partial charge < -0.3 is 20.2 Å². The average Bonchev–Trinajstić information content (AvgIpc) is 3.50. The van der Waals surface area contributed by atoms with Crippen molar-refractivity contribution in [1.82, 2.24) is 9.80 Å². The van der Waals surface area contributed by atoms with Crippen LogP contribution in [0.15, 0.2) is 24.3 Å². The molecule has 0 bridgehead atoms. The molecule has 1 saturated carbocycles. The third-order valence-electron chi connectivity index (χ3n) is 6.04. The smallest absolute Gasteiger partial charge is 0.239 e. The summed E-state index contributed by atoms with van der Waals surface area (Å²) in [6.45, 7) is 11.3. The number of carbonyl (C=O) groups is 2. The zero-order valence-corrected chi connectivity index (χ0v) is 18.7. The van der Waals surface area contributed by atoms with Crippen LogP contribution in [0.2, 0.25) is 0 Å². The van der Waals surface area contributed by atoms with Crippen molar-refractivity contribution >= 4 is 12.2 Å². The van der Waals surface area contributed by atoms with Crippen LogP contribution in [0.4, 0.5) is 0 Å². The fourth-order valence-electron chi connectivity index (χ4n) is 4.21. The Hall–Kier alpha value is -1.92. The van der Waals surface area contributed by atoms with Gasteiger partial charge in [0, 0.05) is 38.6 Å². The number of nitrogens with zero attached hydrogens (tertiary/aromatic N) is 2. The monoisotopic (exact) mass is 415 g/mol. The molecule has 30 heavy (non-hydrogen) atoms. The Labute approximate surface area is 180 Å². The molecule has 6 nitrogen and oxygen atoms in total. The van der Waals surface area contributed by atoms with Crippen LogP contribution in [0.1, 0.15) is 51.5 Å². The zero-order valence-electron chi connectivity index (χ0n) is 18.7. The largest absolute Gasteiger partial charge is 0.494 e. The first kappa shape index (κ1) is 22.8. The Morgan fingerprint density at radius 3 is 2.43 bits per heavy atom. The highest BCUT2D eigenvalue weighted by Crippen LogP contribution is 2.46. The number of aldehydes is 1. The van der Waals surface area contributed by atoms with E-state index in [0.29, 0.717) is 18.9 Å². The van der Waals surface area contributed by atoms with Gasteiger partial charge in [0.1, 0.15) is 12.0 Å². The molecular weight excluding hydrogens is 378 g/mol. The maximum atomic E-state index is 12.5. The van der Waals surface area contributed by atoms with Crippen LogP contribution in [0.25, 0.3) is 0 Å². The molecule has 166 valence electrons. The van der Waals surface area contributed by atoms with Crippen molar-refractivity contribution in [2.75, 3.05) is 39.3 Å². The van der Waals surface area contributed by atoms with Gasteiger partial charge in [-0.05, 0) is 48.3 Å². The van der Waals surface area contributed by atoms with Crippen LogP contribution < -0.4 is 10.5 Å². The molecule has 6 heteroatoms. The molecule has 2 aliphatic rings. The van der Waals surface area contributed by atoms with Gasteiger partial charge in [-0.3, -0.25) is 9.69 Å². The molecule has 2 unspecified atom stereocenters. The van der Waals surface area contributed by atoms with E-state index < -0.39 is 6.04 Å². The standard InChI is InChI=1S/C24H37N3O3/c1-24(2,3)16-22(25)23(29)27-12-10-26(11-13-27)9-4-14-30-20-7-5-18(6-8-20)21-15-19(21)17-28/h5-8,17,19,21-22H,4,9-16,25H2,1-3H3/t19?,21?,22-/m1/s1. The minimum absolute atomic E-state index is 0.0626. The third-order valence-corrected chi connectivity index (χ3v) is 6.04. The van der Waals surface area contributed by atoms with E-state index in [1.807, 2.05) is 17.0 Å². The van der Waals surface area contributed by atoms with E-state index in [2.05, 4.69) is 37.8 Å². The van der Waals surface area contributed by atoms with Crippen molar-refractivity contribution < 1.29 is 14.3 Å². The highest BCUT2D eigenvalue weighted by molar-refractivity contribution is 5.81. The topological polar surface area (TPSA) is 75.9 Å². The number of nitrogens with two attached hydrogens (primary N) is 1. The van der Waals surface area contributed by atoms with Crippen LogP contribution in [-0.4, -0.2) is 67.4 Å². The predicted molar refractivity (Wildman–Crippen MR) is 119 cm³/mol. The van der Waals surface area contributed by atoms with Gasteiger partial charge >= 0.3 is 0 Å². The van der Waals surface area contributed by atoms with E-state index >= 15 is 0 Å². The Morgan fingerprint density at radius 1 is 1.20 bits per heavy atom. The van der Waals surface area contributed by atoms with Crippen LogP contribution in [0.5, 0.6) is 5.75 Å². The quantitative estimate of drug-likeness (QED) is 0.496. The molecule has 1 aliphatic heterocycles. The molecule has 1 aromatic rings. The molecule has 1 saturated heterocycles. The van der Waals surface area contributed by atoms with Gasteiger partial charge in [-0.1, -0.05) is 32.9 Å². The van der Waals surface area contributed by atoms with Crippen LogP contribution >= 0.6 is 0 Å². The lowest BCUT2D eigenvalue weighted by atomic mass is 9.88. The summed E-state index contributed by atoms with van der Waals surface area (Å²) >= 11 is 0. The van der Waals surface area contributed by atoms with E-state index in [1.54, 1.807) is 0 Å². The first-order valence-electron chi connectivity index (χ1n) is 11.2. The summed E-state index contributed by atoms with van der Waals surface area (Å²) in [7, 11) is 0. The molecule has 2 N–H and O–H groups in total. The minimum atomic E-state index is -0.402.